The number of benzene rings is 1. The number of ether oxygens (including phenoxy) is 2. The Labute approximate surface area is 122 Å². The zero-order chi connectivity index (χ0) is 14.1. The van der Waals surface area contributed by atoms with Gasteiger partial charge in [-0.3, -0.25) is 4.79 Å². The average Bonchev–Trinajstić information content (AvgIpc) is 2.90. The van der Waals surface area contributed by atoms with Gasteiger partial charge < -0.3 is 20.5 Å². The van der Waals surface area contributed by atoms with Gasteiger partial charge in [0.1, 0.15) is 0 Å². The minimum absolute atomic E-state index is 0.0791. The third-order valence-corrected chi connectivity index (χ3v) is 5.82. The number of anilines is 1. The lowest BCUT2D eigenvalue weighted by Crippen LogP contribution is -2.30. The normalized spacial score (nSPS) is 37.4. The molecule has 21 heavy (non-hydrogen) atoms. The van der Waals surface area contributed by atoms with E-state index in [4.69, 9.17) is 15.2 Å². The third kappa shape index (κ3) is 1.54. The van der Waals surface area contributed by atoms with Crippen LogP contribution in [0, 0.1) is 23.7 Å². The minimum Gasteiger partial charge on any atom is -0.454 e. The van der Waals surface area contributed by atoms with Crippen LogP contribution in [0.25, 0.3) is 0 Å². The fraction of sp³-hybridized carbons (Fsp3) is 0.562. The molecule has 4 atom stereocenters. The van der Waals surface area contributed by atoms with Crippen LogP contribution in [0.15, 0.2) is 12.1 Å². The molecule has 110 valence electrons. The fourth-order valence-electron chi connectivity index (χ4n) is 4.90. The summed E-state index contributed by atoms with van der Waals surface area (Å²) < 4.78 is 10.6. The Morgan fingerprint density at radius 3 is 2.52 bits per heavy atom. The van der Waals surface area contributed by atoms with Crippen LogP contribution in [0.4, 0.5) is 5.69 Å². The first-order valence-electron chi connectivity index (χ1n) is 7.72. The Bertz CT molecular complexity index is 629. The van der Waals surface area contributed by atoms with E-state index in [0.29, 0.717) is 28.8 Å². The molecule has 0 spiro atoms. The Morgan fingerprint density at radius 2 is 1.81 bits per heavy atom. The summed E-state index contributed by atoms with van der Waals surface area (Å²) in [6.45, 7) is 0.190. The van der Waals surface area contributed by atoms with E-state index in [1.807, 2.05) is 0 Å². The number of nitrogen functional groups attached to an aromatic ring is 1. The van der Waals surface area contributed by atoms with Crippen LogP contribution >= 0.6 is 0 Å². The van der Waals surface area contributed by atoms with Crippen LogP contribution in [0.1, 0.15) is 29.6 Å². The molecule has 1 aromatic carbocycles. The van der Waals surface area contributed by atoms with Gasteiger partial charge in [-0.05, 0) is 49.0 Å². The highest BCUT2D eigenvalue weighted by atomic mass is 16.7. The molecule has 3 aliphatic carbocycles. The van der Waals surface area contributed by atoms with Gasteiger partial charge in [-0.1, -0.05) is 0 Å². The van der Waals surface area contributed by atoms with Crippen molar-refractivity contribution in [3.05, 3.63) is 17.7 Å². The van der Waals surface area contributed by atoms with Crippen molar-refractivity contribution >= 4 is 11.6 Å². The molecule has 4 aliphatic rings. The Balaban J connectivity index is 1.36. The SMILES string of the molecule is Nc1cc2c(cc1C(=O)NC1C3C4CCC(C4)C13)OCO2. The molecule has 5 nitrogen and oxygen atoms in total. The quantitative estimate of drug-likeness (QED) is 0.813. The van der Waals surface area contributed by atoms with Crippen molar-refractivity contribution in [1.82, 2.24) is 5.32 Å². The van der Waals surface area contributed by atoms with Gasteiger partial charge >= 0.3 is 0 Å². The molecule has 5 rings (SSSR count). The number of nitrogens with two attached hydrogens (primary N) is 1. The summed E-state index contributed by atoms with van der Waals surface area (Å²) in [6.07, 6.45) is 4.09. The molecule has 0 saturated heterocycles. The van der Waals surface area contributed by atoms with Crippen molar-refractivity contribution in [3.8, 4) is 11.5 Å². The lowest BCUT2D eigenvalue weighted by molar-refractivity contribution is 0.0944. The monoisotopic (exact) mass is 286 g/mol. The molecule has 1 heterocycles. The maximum Gasteiger partial charge on any atom is 0.253 e. The van der Waals surface area contributed by atoms with Gasteiger partial charge in [0.2, 0.25) is 6.79 Å². The summed E-state index contributed by atoms with van der Waals surface area (Å²) in [5.41, 5.74) is 6.92. The first-order valence-corrected chi connectivity index (χ1v) is 7.72. The van der Waals surface area contributed by atoms with Gasteiger partial charge in [0.25, 0.3) is 5.91 Å². The highest BCUT2D eigenvalue weighted by molar-refractivity contribution is 6.00. The van der Waals surface area contributed by atoms with Crippen molar-refractivity contribution in [2.75, 3.05) is 12.5 Å². The van der Waals surface area contributed by atoms with E-state index in [2.05, 4.69) is 5.32 Å². The van der Waals surface area contributed by atoms with Crippen molar-refractivity contribution in [2.45, 2.75) is 25.3 Å². The number of carbonyl (C=O) groups is 1. The molecule has 1 amide bonds. The number of nitrogens with one attached hydrogen (secondary N) is 1. The summed E-state index contributed by atoms with van der Waals surface area (Å²) in [4.78, 5) is 12.5. The van der Waals surface area contributed by atoms with E-state index in [-0.39, 0.29) is 12.7 Å². The molecule has 1 aliphatic heterocycles. The van der Waals surface area contributed by atoms with Gasteiger partial charge in [0.05, 0.1) is 5.56 Å². The standard InChI is InChI=1S/C16H18N2O3/c17-10-5-12-11(20-6-21-12)4-9(10)16(19)18-15-13-7-1-2-8(3-7)14(13)15/h4-5,7-8,13-15H,1-3,6,17H2,(H,18,19). The Morgan fingerprint density at radius 1 is 1.14 bits per heavy atom. The average molecular weight is 286 g/mol. The lowest BCUT2D eigenvalue weighted by Gasteiger charge is -2.12. The molecule has 0 radical (unpaired) electrons. The summed E-state index contributed by atoms with van der Waals surface area (Å²) in [5, 5.41) is 3.19. The summed E-state index contributed by atoms with van der Waals surface area (Å²) in [5.74, 6) is 4.28. The van der Waals surface area contributed by atoms with E-state index in [1.165, 1.54) is 19.3 Å². The Kier molecular flexibility index (Phi) is 2.14. The van der Waals surface area contributed by atoms with Crippen LogP contribution < -0.4 is 20.5 Å². The summed E-state index contributed by atoms with van der Waals surface area (Å²) in [7, 11) is 0. The van der Waals surface area contributed by atoms with Crippen molar-refractivity contribution in [1.29, 1.82) is 0 Å². The summed E-state index contributed by atoms with van der Waals surface area (Å²) >= 11 is 0. The molecule has 3 saturated carbocycles. The maximum absolute atomic E-state index is 12.5. The second-order valence-electron chi connectivity index (χ2n) is 6.78. The number of hydrogen-bond acceptors (Lipinski definition) is 4. The van der Waals surface area contributed by atoms with E-state index in [0.717, 1.165) is 23.7 Å². The molecule has 1 aromatic rings. The van der Waals surface area contributed by atoms with Crippen molar-refractivity contribution in [3.63, 3.8) is 0 Å². The zero-order valence-corrected chi connectivity index (χ0v) is 11.7. The number of carbonyl (C=O) groups excluding carboxylic acids is 1. The third-order valence-electron chi connectivity index (χ3n) is 5.82. The molecular formula is C16H18N2O3. The van der Waals surface area contributed by atoms with Crippen LogP contribution in [0.3, 0.4) is 0 Å². The smallest absolute Gasteiger partial charge is 0.253 e. The highest BCUT2D eigenvalue weighted by Crippen LogP contribution is 2.65. The first kappa shape index (κ1) is 11.7. The van der Waals surface area contributed by atoms with Gasteiger partial charge in [-0.2, -0.15) is 0 Å². The molecule has 4 unspecified atom stereocenters. The van der Waals surface area contributed by atoms with Crippen molar-refractivity contribution < 1.29 is 14.3 Å². The van der Waals surface area contributed by atoms with Gasteiger partial charge in [-0.25, -0.2) is 0 Å². The van der Waals surface area contributed by atoms with Crippen LogP contribution in [-0.4, -0.2) is 18.7 Å². The second kappa shape index (κ2) is 3.84. The maximum atomic E-state index is 12.5. The molecule has 3 fully saturated rings. The van der Waals surface area contributed by atoms with E-state index in [1.54, 1.807) is 12.1 Å². The molecular weight excluding hydrogens is 268 g/mol. The van der Waals surface area contributed by atoms with Crippen LogP contribution in [-0.2, 0) is 0 Å². The predicted molar refractivity (Wildman–Crippen MR) is 76.0 cm³/mol. The van der Waals surface area contributed by atoms with Crippen molar-refractivity contribution in [2.24, 2.45) is 23.7 Å². The summed E-state index contributed by atoms with van der Waals surface area (Å²) in [6, 6.07) is 3.74. The Hall–Kier alpha value is -1.91. The number of amides is 1. The largest absolute Gasteiger partial charge is 0.454 e. The first-order chi connectivity index (χ1) is 10.2. The van der Waals surface area contributed by atoms with E-state index >= 15 is 0 Å². The molecule has 0 aromatic heterocycles. The van der Waals surface area contributed by atoms with Gasteiger partial charge in [0.15, 0.2) is 11.5 Å². The highest BCUT2D eigenvalue weighted by Gasteiger charge is 2.65. The molecule has 2 bridgehead atoms. The fourth-order valence-corrected chi connectivity index (χ4v) is 4.90. The van der Waals surface area contributed by atoms with E-state index < -0.39 is 0 Å². The lowest BCUT2D eigenvalue weighted by atomic mass is 10.0. The molecule has 5 heteroatoms. The topological polar surface area (TPSA) is 73.6 Å². The van der Waals surface area contributed by atoms with E-state index in [9.17, 15) is 4.79 Å². The van der Waals surface area contributed by atoms with Crippen LogP contribution in [0.2, 0.25) is 0 Å². The zero-order valence-electron chi connectivity index (χ0n) is 11.7. The minimum atomic E-state index is -0.0791. The molecule has 3 N–H and O–H groups in total. The number of hydrogen-bond donors (Lipinski definition) is 2. The van der Waals surface area contributed by atoms with Gasteiger partial charge in [-0.15, -0.1) is 0 Å². The predicted octanol–water partition coefficient (Wildman–Crippen LogP) is 1.77. The number of fused-ring (bicyclic) bond motifs is 6. The van der Waals surface area contributed by atoms with Gasteiger partial charge in [0, 0.05) is 17.8 Å². The van der Waals surface area contributed by atoms with Crippen LogP contribution in [0.5, 0.6) is 11.5 Å². The number of rotatable bonds is 2. The second-order valence-corrected chi connectivity index (χ2v) is 6.78.